The zero-order valence-electron chi connectivity index (χ0n) is 17.8. The van der Waals surface area contributed by atoms with Gasteiger partial charge < -0.3 is 9.80 Å². The minimum Gasteiger partial charge on any atom is -0.372 e. The minimum atomic E-state index is -0.723. The van der Waals surface area contributed by atoms with Crippen molar-refractivity contribution in [3.63, 3.8) is 0 Å². The summed E-state index contributed by atoms with van der Waals surface area (Å²) in [7, 11) is -0.723. The summed E-state index contributed by atoms with van der Waals surface area (Å²) in [6.07, 6.45) is 7.48. The van der Waals surface area contributed by atoms with E-state index in [4.69, 9.17) is 0 Å². The molecule has 28 heavy (non-hydrogen) atoms. The molecule has 0 spiro atoms. The van der Waals surface area contributed by atoms with Crippen molar-refractivity contribution in [2.24, 2.45) is 5.92 Å². The molecule has 3 rings (SSSR count). The van der Waals surface area contributed by atoms with E-state index in [1.54, 1.807) is 0 Å². The molecular formula is C22H33N4PS. The Morgan fingerprint density at radius 2 is 1.54 bits per heavy atom. The maximum absolute atomic E-state index is 10.5. The van der Waals surface area contributed by atoms with Crippen LogP contribution in [0.1, 0.15) is 66.2 Å². The molecule has 2 unspecified atom stereocenters. The third-order valence-corrected chi connectivity index (χ3v) is 11.9. The van der Waals surface area contributed by atoms with Gasteiger partial charge in [0.05, 0.1) is 28.8 Å². The lowest BCUT2D eigenvalue weighted by Crippen LogP contribution is -2.48. The summed E-state index contributed by atoms with van der Waals surface area (Å²) in [6.45, 7) is 12.4. The Balaban J connectivity index is 2.12. The van der Waals surface area contributed by atoms with E-state index < -0.39 is 12.3 Å². The molecule has 0 N–H and O–H groups in total. The lowest BCUT2D eigenvalue weighted by atomic mass is 9.88. The number of nitrogens with zero attached hydrogens (tertiary/aromatic N) is 4. The SMILES string of the molecule is CCN(CC)C1=C(N(CC)CC)C2(C#N)C(C#N)=C(C3CCCCCC3)SP12. The second-order valence-electron chi connectivity index (χ2n) is 7.76. The molecule has 3 aliphatic rings. The van der Waals surface area contributed by atoms with Crippen LogP contribution in [0.5, 0.6) is 0 Å². The lowest BCUT2D eigenvalue weighted by Gasteiger charge is -2.51. The second-order valence-corrected chi connectivity index (χ2v) is 11.7. The molecule has 0 amide bonds. The summed E-state index contributed by atoms with van der Waals surface area (Å²) in [5.74, 6) is 0.483. The van der Waals surface area contributed by atoms with E-state index in [9.17, 15) is 10.5 Å². The van der Waals surface area contributed by atoms with Crippen molar-refractivity contribution < 1.29 is 0 Å². The maximum Gasteiger partial charge on any atom is 0.169 e. The molecule has 2 heterocycles. The summed E-state index contributed by atoms with van der Waals surface area (Å²) >= 11 is 1.91. The molecule has 1 fully saturated rings. The van der Waals surface area contributed by atoms with Crippen LogP contribution >= 0.6 is 18.5 Å². The third kappa shape index (κ3) is 3.16. The minimum absolute atomic E-state index is 0.483. The number of hydrogen-bond donors (Lipinski definition) is 0. The average molecular weight is 417 g/mol. The fourth-order valence-electron chi connectivity index (χ4n) is 4.94. The molecule has 0 bridgehead atoms. The molecule has 2 aliphatic heterocycles. The Labute approximate surface area is 176 Å². The standard InChI is InChI=1S/C22H33N4PS/c1-5-25(6-2)20-21(26(7-3)8-4)27-22(20,16-24)18(15-23)19(28-27)17-13-11-9-10-12-14-17/h17H,5-14H2,1-4H3. The molecular weight excluding hydrogens is 383 g/mol. The Kier molecular flexibility index (Phi) is 7.01. The van der Waals surface area contributed by atoms with E-state index in [0.29, 0.717) is 5.92 Å². The van der Waals surface area contributed by atoms with Crippen LogP contribution in [-0.4, -0.2) is 41.1 Å². The van der Waals surface area contributed by atoms with Gasteiger partial charge in [0.15, 0.2) is 5.16 Å². The van der Waals surface area contributed by atoms with Crippen LogP contribution in [0.25, 0.3) is 0 Å². The van der Waals surface area contributed by atoms with E-state index in [2.05, 4.69) is 49.6 Å². The van der Waals surface area contributed by atoms with Crippen LogP contribution in [0, 0.1) is 28.6 Å². The predicted octanol–water partition coefficient (Wildman–Crippen LogP) is 6.01. The van der Waals surface area contributed by atoms with Crippen molar-refractivity contribution in [3.8, 4) is 12.1 Å². The smallest absolute Gasteiger partial charge is 0.169 e. The molecule has 6 heteroatoms. The predicted molar refractivity (Wildman–Crippen MR) is 120 cm³/mol. The number of hydrogen-bond acceptors (Lipinski definition) is 5. The fourth-order valence-corrected chi connectivity index (χ4v) is 11.4. The van der Waals surface area contributed by atoms with Crippen molar-refractivity contribution in [2.75, 3.05) is 26.2 Å². The summed E-state index contributed by atoms with van der Waals surface area (Å²) in [5, 5.41) is 20.0. The molecule has 0 aromatic heterocycles. The van der Waals surface area contributed by atoms with Gasteiger partial charge in [-0.05, 0) is 46.5 Å². The second kappa shape index (κ2) is 9.11. The largest absolute Gasteiger partial charge is 0.372 e. The highest BCUT2D eigenvalue weighted by Gasteiger charge is 2.65. The first-order valence-electron chi connectivity index (χ1n) is 10.9. The zero-order chi connectivity index (χ0) is 20.3. The summed E-state index contributed by atoms with van der Waals surface area (Å²) in [5.41, 5.74) is 3.31. The molecule has 0 aromatic rings. The van der Waals surface area contributed by atoms with Gasteiger partial charge in [0, 0.05) is 38.2 Å². The molecule has 0 aromatic carbocycles. The molecule has 0 saturated heterocycles. The van der Waals surface area contributed by atoms with Crippen molar-refractivity contribution in [1.29, 1.82) is 10.5 Å². The van der Waals surface area contributed by atoms with E-state index in [0.717, 1.165) is 37.4 Å². The third-order valence-electron chi connectivity index (χ3n) is 6.49. The maximum atomic E-state index is 10.5. The van der Waals surface area contributed by atoms with Gasteiger partial charge in [0.25, 0.3) is 0 Å². The van der Waals surface area contributed by atoms with Crippen LogP contribution in [0.3, 0.4) is 0 Å². The highest BCUT2D eigenvalue weighted by Crippen LogP contribution is 2.85. The summed E-state index contributed by atoms with van der Waals surface area (Å²) in [6, 6.07) is 5.25. The highest BCUT2D eigenvalue weighted by atomic mass is 32.7. The Morgan fingerprint density at radius 3 is 2.00 bits per heavy atom. The molecule has 0 radical (unpaired) electrons. The highest BCUT2D eigenvalue weighted by molar-refractivity contribution is 8.60. The van der Waals surface area contributed by atoms with Gasteiger partial charge in [-0.25, -0.2) is 0 Å². The monoisotopic (exact) mass is 416 g/mol. The first-order chi connectivity index (χ1) is 13.6. The van der Waals surface area contributed by atoms with E-state index in [1.165, 1.54) is 48.9 Å². The normalized spacial score (nSPS) is 27.6. The molecule has 152 valence electrons. The zero-order valence-corrected chi connectivity index (χ0v) is 19.5. The van der Waals surface area contributed by atoms with Crippen molar-refractivity contribution >= 4 is 18.5 Å². The number of allylic oxidation sites excluding steroid dienone is 2. The molecule has 4 nitrogen and oxygen atoms in total. The number of fused-ring (bicyclic) bond motifs is 1. The Morgan fingerprint density at radius 1 is 0.964 bits per heavy atom. The summed E-state index contributed by atoms with van der Waals surface area (Å²) < 4.78 is 0. The lowest BCUT2D eigenvalue weighted by molar-refractivity contribution is 0.319. The van der Waals surface area contributed by atoms with Crippen molar-refractivity contribution in [2.45, 2.75) is 71.4 Å². The van der Waals surface area contributed by atoms with Gasteiger partial charge in [0.2, 0.25) is 0 Å². The molecule has 2 atom stereocenters. The van der Waals surface area contributed by atoms with E-state index in [-0.39, 0.29) is 0 Å². The van der Waals surface area contributed by atoms with Gasteiger partial charge >= 0.3 is 0 Å². The van der Waals surface area contributed by atoms with Gasteiger partial charge in [-0.2, -0.15) is 10.5 Å². The van der Waals surface area contributed by atoms with E-state index >= 15 is 0 Å². The van der Waals surface area contributed by atoms with Gasteiger partial charge in [-0.1, -0.05) is 37.1 Å². The van der Waals surface area contributed by atoms with Crippen molar-refractivity contribution in [3.05, 3.63) is 21.6 Å². The first-order valence-corrected chi connectivity index (χ1v) is 13.7. The molecule has 1 saturated carbocycles. The van der Waals surface area contributed by atoms with Crippen LogP contribution in [0.2, 0.25) is 0 Å². The number of rotatable bonds is 7. The summed E-state index contributed by atoms with van der Waals surface area (Å²) in [4.78, 5) is 6.04. The average Bonchev–Trinajstić information content (AvgIpc) is 2.86. The number of nitriles is 2. The van der Waals surface area contributed by atoms with Crippen LogP contribution in [0.15, 0.2) is 21.6 Å². The molecule has 1 aliphatic carbocycles. The van der Waals surface area contributed by atoms with Crippen LogP contribution in [-0.2, 0) is 0 Å². The quantitative estimate of drug-likeness (QED) is 0.376. The van der Waals surface area contributed by atoms with Crippen LogP contribution < -0.4 is 0 Å². The van der Waals surface area contributed by atoms with Crippen LogP contribution in [0.4, 0.5) is 0 Å². The van der Waals surface area contributed by atoms with Gasteiger partial charge in [0.1, 0.15) is 0 Å². The fraction of sp³-hybridized carbons (Fsp3) is 0.727. The topological polar surface area (TPSA) is 54.1 Å². The van der Waals surface area contributed by atoms with Gasteiger partial charge in [-0.3, -0.25) is 0 Å². The van der Waals surface area contributed by atoms with Gasteiger partial charge in [-0.15, -0.1) is 0 Å². The van der Waals surface area contributed by atoms with E-state index in [1.807, 2.05) is 11.4 Å². The Bertz CT molecular complexity index is 731. The van der Waals surface area contributed by atoms with Crippen molar-refractivity contribution in [1.82, 2.24) is 9.80 Å². The Hall–Kier alpha value is -1.16. The first kappa shape index (κ1) is 21.5.